The summed E-state index contributed by atoms with van der Waals surface area (Å²) in [5, 5.41) is 28.7. The van der Waals surface area contributed by atoms with Crippen LogP contribution in [0.3, 0.4) is 0 Å². The van der Waals surface area contributed by atoms with Gasteiger partial charge in [0.25, 0.3) is 0 Å². The van der Waals surface area contributed by atoms with Gasteiger partial charge in [0, 0.05) is 0 Å². The molecule has 4 heteroatoms. The van der Waals surface area contributed by atoms with Crippen molar-refractivity contribution in [3.8, 4) is 0 Å². The lowest BCUT2D eigenvalue weighted by Crippen LogP contribution is -2.49. The van der Waals surface area contributed by atoms with Crippen LogP contribution < -0.4 is 0 Å². The molecule has 0 aliphatic heterocycles. The second-order valence-electron chi connectivity index (χ2n) is 4.46. The fourth-order valence-corrected chi connectivity index (χ4v) is 2.08. The number of benzene rings is 1. The molecule has 4 nitrogen and oxygen atoms in total. The van der Waals surface area contributed by atoms with E-state index >= 15 is 0 Å². The minimum Gasteiger partial charge on any atom is -0.390 e. The molecule has 0 heterocycles. The number of hydrogen-bond acceptors (Lipinski definition) is 4. The molecular weight excluding hydrogens is 220 g/mol. The van der Waals surface area contributed by atoms with Gasteiger partial charge in [0.2, 0.25) is 0 Å². The minimum absolute atomic E-state index is 0.408. The topological polar surface area (TPSA) is 69.9 Å². The maximum absolute atomic E-state index is 9.75. The summed E-state index contributed by atoms with van der Waals surface area (Å²) in [6.07, 6.45) is -2.36. The molecule has 17 heavy (non-hydrogen) atoms. The monoisotopic (exact) mass is 238 g/mol. The molecule has 4 atom stereocenters. The lowest BCUT2D eigenvalue weighted by atomic mass is 9.89. The van der Waals surface area contributed by atoms with Crippen molar-refractivity contribution >= 4 is 0 Å². The molecular formula is C13H18O4. The molecule has 0 saturated heterocycles. The third-order valence-electron chi connectivity index (χ3n) is 3.18. The summed E-state index contributed by atoms with van der Waals surface area (Å²) in [5.74, 6) is 0. The highest BCUT2D eigenvalue weighted by molar-refractivity contribution is 5.13. The van der Waals surface area contributed by atoms with E-state index in [1.807, 2.05) is 30.3 Å². The summed E-state index contributed by atoms with van der Waals surface area (Å²) in [4.78, 5) is 0. The van der Waals surface area contributed by atoms with E-state index in [4.69, 9.17) is 4.74 Å². The van der Waals surface area contributed by atoms with E-state index in [-0.39, 0.29) is 0 Å². The zero-order valence-electron chi connectivity index (χ0n) is 9.57. The Morgan fingerprint density at radius 2 is 1.71 bits per heavy atom. The van der Waals surface area contributed by atoms with Crippen LogP contribution in [-0.2, 0) is 11.3 Å². The Labute approximate surface area is 100 Å². The molecule has 94 valence electrons. The molecule has 0 spiro atoms. The van der Waals surface area contributed by atoms with E-state index in [0.29, 0.717) is 19.4 Å². The van der Waals surface area contributed by atoms with Gasteiger partial charge in [-0.3, -0.25) is 0 Å². The first-order valence-electron chi connectivity index (χ1n) is 5.88. The van der Waals surface area contributed by atoms with Gasteiger partial charge in [0.1, 0.15) is 12.2 Å². The summed E-state index contributed by atoms with van der Waals surface area (Å²) < 4.78 is 5.58. The predicted molar refractivity (Wildman–Crippen MR) is 62.3 cm³/mol. The lowest BCUT2D eigenvalue weighted by Gasteiger charge is -2.34. The van der Waals surface area contributed by atoms with Crippen molar-refractivity contribution in [2.45, 2.75) is 43.9 Å². The van der Waals surface area contributed by atoms with Crippen molar-refractivity contribution in [2.75, 3.05) is 0 Å². The summed E-state index contributed by atoms with van der Waals surface area (Å²) in [6, 6.07) is 9.67. The molecule has 1 aliphatic carbocycles. The Morgan fingerprint density at radius 3 is 2.41 bits per heavy atom. The Bertz CT molecular complexity index is 341. The molecule has 1 fully saturated rings. The summed E-state index contributed by atoms with van der Waals surface area (Å²) in [5.41, 5.74) is 1.03. The molecule has 0 aromatic heterocycles. The first-order valence-corrected chi connectivity index (χ1v) is 5.88. The Balaban J connectivity index is 1.87. The van der Waals surface area contributed by atoms with Crippen molar-refractivity contribution in [3.63, 3.8) is 0 Å². The third kappa shape index (κ3) is 3.04. The Morgan fingerprint density at radius 1 is 1.00 bits per heavy atom. The van der Waals surface area contributed by atoms with Crippen LogP contribution in [0.4, 0.5) is 0 Å². The molecule has 1 aliphatic rings. The zero-order valence-corrected chi connectivity index (χ0v) is 9.57. The quantitative estimate of drug-likeness (QED) is 0.715. The fourth-order valence-electron chi connectivity index (χ4n) is 2.08. The summed E-state index contributed by atoms with van der Waals surface area (Å²) in [7, 11) is 0. The molecule has 1 unspecified atom stereocenters. The lowest BCUT2D eigenvalue weighted by molar-refractivity contribution is -0.156. The molecule has 1 aromatic rings. The first-order chi connectivity index (χ1) is 8.18. The smallest absolute Gasteiger partial charge is 0.109 e. The van der Waals surface area contributed by atoms with Crippen molar-refractivity contribution < 1.29 is 20.1 Å². The molecule has 3 N–H and O–H groups in total. The van der Waals surface area contributed by atoms with E-state index in [1.54, 1.807) is 0 Å². The van der Waals surface area contributed by atoms with Gasteiger partial charge in [-0.25, -0.2) is 0 Å². The van der Waals surface area contributed by atoms with E-state index in [2.05, 4.69) is 0 Å². The predicted octanol–water partition coefficient (Wildman–Crippen LogP) is 0.448. The summed E-state index contributed by atoms with van der Waals surface area (Å²) >= 11 is 0. The maximum Gasteiger partial charge on any atom is 0.109 e. The average Bonchev–Trinajstić information content (AvgIpc) is 2.36. The van der Waals surface area contributed by atoms with Crippen LogP contribution in [-0.4, -0.2) is 39.7 Å². The molecule has 0 amide bonds. The van der Waals surface area contributed by atoms with Gasteiger partial charge in [-0.15, -0.1) is 0 Å². The SMILES string of the molecule is O[C@H]1[C@H](O)C(OCc2ccccc2)CC[C@@H]1O. The van der Waals surface area contributed by atoms with E-state index < -0.39 is 24.4 Å². The van der Waals surface area contributed by atoms with Crippen LogP contribution in [0.2, 0.25) is 0 Å². The third-order valence-corrected chi connectivity index (χ3v) is 3.18. The Hall–Kier alpha value is -0.940. The molecule has 0 bridgehead atoms. The van der Waals surface area contributed by atoms with Crippen LogP contribution in [0.15, 0.2) is 30.3 Å². The molecule has 0 radical (unpaired) electrons. The van der Waals surface area contributed by atoms with E-state index in [9.17, 15) is 15.3 Å². The highest BCUT2D eigenvalue weighted by atomic mass is 16.5. The van der Waals surface area contributed by atoms with Gasteiger partial charge < -0.3 is 20.1 Å². The van der Waals surface area contributed by atoms with Crippen molar-refractivity contribution in [1.29, 1.82) is 0 Å². The largest absolute Gasteiger partial charge is 0.390 e. The van der Waals surface area contributed by atoms with Crippen LogP contribution in [0.5, 0.6) is 0 Å². The van der Waals surface area contributed by atoms with E-state index in [0.717, 1.165) is 5.56 Å². The number of hydrogen-bond donors (Lipinski definition) is 3. The standard InChI is InChI=1S/C13H18O4/c14-10-6-7-11(13(16)12(10)15)17-8-9-4-2-1-3-5-9/h1-5,10-16H,6-8H2/t10-,11?,12+,13+/m0/s1. The Kier molecular flexibility index (Phi) is 4.12. The molecule has 1 aromatic carbocycles. The first kappa shape index (κ1) is 12.5. The second-order valence-corrected chi connectivity index (χ2v) is 4.46. The number of ether oxygens (including phenoxy) is 1. The van der Waals surface area contributed by atoms with Gasteiger partial charge in [-0.05, 0) is 18.4 Å². The van der Waals surface area contributed by atoms with Gasteiger partial charge in [0.05, 0.1) is 18.8 Å². The maximum atomic E-state index is 9.75. The van der Waals surface area contributed by atoms with Crippen molar-refractivity contribution in [3.05, 3.63) is 35.9 Å². The minimum atomic E-state index is -1.11. The highest BCUT2D eigenvalue weighted by Gasteiger charge is 2.36. The average molecular weight is 238 g/mol. The number of aliphatic hydroxyl groups excluding tert-OH is 3. The van der Waals surface area contributed by atoms with Gasteiger partial charge in [-0.1, -0.05) is 30.3 Å². The summed E-state index contributed by atoms with van der Waals surface area (Å²) in [6.45, 7) is 0.408. The zero-order chi connectivity index (χ0) is 12.3. The second kappa shape index (κ2) is 5.60. The number of aliphatic hydroxyl groups is 3. The van der Waals surface area contributed by atoms with Crippen LogP contribution >= 0.6 is 0 Å². The van der Waals surface area contributed by atoms with Gasteiger partial charge >= 0.3 is 0 Å². The molecule has 2 rings (SSSR count). The van der Waals surface area contributed by atoms with E-state index in [1.165, 1.54) is 0 Å². The van der Waals surface area contributed by atoms with Crippen LogP contribution in [0.25, 0.3) is 0 Å². The van der Waals surface area contributed by atoms with Gasteiger partial charge in [0.15, 0.2) is 0 Å². The highest BCUT2D eigenvalue weighted by Crippen LogP contribution is 2.23. The van der Waals surface area contributed by atoms with Crippen LogP contribution in [0.1, 0.15) is 18.4 Å². The van der Waals surface area contributed by atoms with Crippen molar-refractivity contribution in [1.82, 2.24) is 0 Å². The van der Waals surface area contributed by atoms with Gasteiger partial charge in [-0.2, -0.15) is 0 Å². The molecule has 1 saturated carbocycles. The van der Waals surface area contributed by atoms with Crippen LogP contribution in [0, 0.1) is 0 Å². The normalized spacial score (nSPS) is 33.6. The van der Waals surface area contributed by atoms with Crippen molar-refractivity contribution in [2.24, 2.45) is 0 Å². The fraction of sp³-hybridized carbons (Fsp3) is 0.538. The number of rotatable bonds is 3.